The van der Waals surface area contributed by atoms with Gasteiger partial charge in [-0.2, -0.15) is 4.98 Å². The van der Waals surface area contributed by atoms with Gasteiger partial charge in [0.05, 0.1) is 12.6 Å². The van der Waals surface area contributed by atoms with E-state index in [1.807, 2.05) is 76.6 Å². The summed E-state index contributed by atoms with van der Waals surface area (Å²) >= 11 is 0. The molecule has 3 heterocycles. The van der Waals surface area contributed by atoms with Crippen LogP contribution in [0.25, 0.3) is 11.2 Å². The van der Waals surface area contributed by atoms with Gasteiger partial charge in [0.2, 0.25) is 0 Å². The quantitative estimate of drug-likeness (QED) is 0.500. The number of rotatable bonds is 6. The van der Waals surface area contributed by atoms with Gasteiger partial charge in [-0.25, -0.2) is 14.6 Å². The first-order chi connectivity index (χ1) is 17.5. The average molecular weight is 511 g/mol. The number of ether oxygens (including phenoxy) is 2. The summed E-state index contributed by atoms with van der Waals surface area (Å²) in [5.74, 6) is 1.25. The Labute approximate surface area is 217 Å². The van der Waals surface area contributed by atoms with Crippen LogP contribution in [0.15, 0.2) is 35.1 Å². The third kappa shape index (κ3) is 5.64. The van der Waals surface area contributed by atoms with Gasteiger partial charge >= 0.3 is 11.8 Å². The number of carbonyl (C=O) groups excluding carboxylic acids is 1. The molecule has 1 aliphatic rings. The van der Waals surface area contributed by atoms with Gasteiger partial charge in [0.1, 0.15) is 29.2 Å². The van der Waals surface area contributed by atoms with Crippen molar-refractivity contribution in [2.24, 2.45) is 14.1 Å². The van der Waals surface area contributed by atoms with Crippen molar-refractivity contribution >= 4 is 23.1 Å². The molecular weight excluding hydrogens is 472 g/mol. The standard InChI is InChI=1S/C27H38N6O4/c1-8-20-15-32(18(2)14-33(20)26(35)37-27(3,4)5)23-22-24(31(7)25(34)29-23)30(6)21(28-22)17-36-16-19-12-10-9-11-13-19/h9-13,18,20H,8,14-17H2,1-7H3/t18-,20+/m0/s1. The van der Waals surface area contributed by atoms with Gasteiger partial charge in [0.25, 0.3) is 0 Å². The molecule has 0 aliphatic carbocycles. The van der Waals surface area contributed by atoms with Gasteiger partial charge in [-0.05, 0) is 39.7 Å². The lowest BCUT2D eigenvalue weighted by Gasteiger charge is -2.45. The fraction of sp³-hybridized carbons (Fsp3) is 0.556. The van der Waals surface area contributed by atoms with E-state index in [0.29, 0.717) is 49.1 Å². The van der Waals surface area contributed by atoms with Gasteiger partial charge in [-0.3, -0.25) is 4.57 Å². The smallest absolute Gasteiger partial charge is 0.410 e. The average Bonchev–Trinajstić information content (AvgIpc) is 3.17. The fourth-order valence-corrected chi connectivity index (χ4v) is 4.77. The van der Waals surface area contributed by atoms with Crippen LogP contribution >= 0.6 is 0 Å². The fourth-order valence-electron chi connectivity index (χ4n) is 4.77. The predicted octanol–water partition coefficient (Wildman–Crippen LogP) is 3.61. The Balaban J connectivity index is 1.63. The Morgan fingerprint density at radius 3 is 2.41 bits per heavy atom. The Morgan fingerprint density at radius 1 is 1.05 bits per heavy atom. The van der Waals surface area contributed by atoms with E-state index in [1.54, 1.807) is 11.9 Å². The summed E-state index contributed by atoms with van der Waals surface area (Å²) in [6, 6.07) is 9.80. The number of nitrogens with zero attached hydrogens (tertiary/aromatic N) is 6. The number of amides is 1. The first-order valence-electron chi connectivity index (χ1n) is 12.8. The van der Waals surface area contributed by atoms with Crippen LogP contribution in [0.4, 0.5) is 10.6 Å². The molecule has 10 heteroatoms. The number of anilines is 1. The molecule has 10 nitrogen and oxygen atoms in total. The molecule has 200 valence electrons. The number of imidazole rings is 1. The number of hydrogen-bond donors (Lipinski definition) is 0. The lowest BCUT2D eigenvalue weighted by atomic mass is 10.1. The zero-order chi connectivity index (χ0) is 26.9. The number of carbonyl (C=O) groups is 1. The van der Waals surface area contributed by atoms with Crippen molar-refractivity contribution in [1.29, 1.82) is 0 Å². The summed E-state index contributed by atoms with van der Waals surface area (Å²) in [5, 5.41) is 0. The highest BCUT2D eigenvalue weighted by Gasteiger charge is 2.37. The van der Waals surface area contributed by atoms with Crippen molar-refractivity contribution in [3.8, 4) is 0 Å². The lowest BCUT2D eigenvalue weighted by molar-refractivity contribution is 0.0106. The molecule has 0 saturated carbocycles. The number of aryl methyl sites for hydroxylation is 2. The Kier molecular flexibility index (Phi) is 7.59. The van der Waals surface area contributed by atoms with Gasteiger partial charge in [0, 0.05) is 33.2 Å². The van der Waals surface area contributed by atoms with Crippen molar-refractivity contribution < 1.29 is 14.3 Å². The molecule has 37 heavy (non-hydrogen) atoms. The van der Waals surface area contributed by atoms with Gasteiger partial charge in [0.15, 0.2) is 5.82 Å². The third-order valence-corrected chi connectivity index (χ3v) is 6.73. The highest BCUT2D eigenvalue weighted by molar-refractivity contribution is 5.85. The maximum atomic E-state index is 12.9. The predicted molar refractivity (Wildman–Crippen MR) is 143 cm³/mol. The van der Waals surface area contributed by atoms with Crippen LogP contribution in [0.2, 0.25) is 0 Å². The van der Waals surface area contributed by atoms with Crippen LogP contribution in [0.1, 0.15) is 52.4 Å². The second kappa shape index (κ2) is 10.5. The first-order valence-corrected chi connectivity index (χ1v) is 12.8. The molecule has 0 bridgehead atoms. The molecule has 2 atom stereocenters. The number of aromatic nitrogens is 4. The van der Waals surface area contributed by atoms with Crippen LogP contribution < -0.4 is 10.6 Å². The van der Waals surface area contributed by atoms with Crippen LogP contribution in [-0.4, -0.2) is 60.9 Å². The second-order valence-electron chi connectivity index (χ2n) is 10.7. The molecule has 1 fully saturated rings. The summed E-state index contributed by atoms with van der Waals surface area (Å²) in [6.45, 7) is 11.4. The highest BCUT2D eigenvalue weighted by atomic mass is 16.6. The SMILES string of the molecule is CC[C@@H]1CN(c2nc(=O)n(C)c3c2nc(COCc2ccccc2)n3C)[C@@H](C)CN1C(=O)OC(C)(C)C. The number of fused-ring (bicyclic) bond motifs is 1. The van der Waals surface area contributed by atoms with E-state index >= 15 is 0 Å². The van der Waals surface area contributed by atoms with Crippen LogP contribution in [0.5, 0.6) is 0 Å². The van der Waals surface area contributed by atoms with Gasteiger partial charge in [-0.1, -0.05) is 37.3 Å². The van der Waals surface area contributed by atoms with Crippen molar-refractivity contribution in [3.05, 3.63) is 52.2 Å². The zero-order valence-electron chi connectivity index (χ0n) is 22.9. The molecule has 1 aromatic carbocycles. The van der Waals surface area contributed by atoms with Crippen molar-refractivity contribution in [2.75, 3.05) is 18.0 Å². The minimum absolute atomic E-state index is 0.0793. The topological polar surface area (TPSA) is 94.7 Å². The van der Waals surface area contributed by atoms with E-state index in [2.05, 4.69) is 9.88 Å². The summed E-state index contributed by atoms with van der Waals surface area (Å²) in [5.41, 5.74) is 1.50. The number of piperazine rings is 1. The summed E-state index contributed by atoms with van der Waals surface area (Å²) < 4.78 is 15.0. The van der Waals surface area contributed by atoms with Crippen LogP contribution in [0.3, 0.4) is 0 Å². The van der Waals surface area contributed by atoms with E-state index in [9.17, 15) is 9.59 Å². The maximum absolute atomic E-state index is 12.9. The monoisotopic (exact) mass is 510 g/mol. The van der Waals surface area contributed by atoms with E-state index in [1.165, 1.54) is 4.57 Å². The minimum Gasteiger partial charge on any atom is -0.444 e. The summed E-state index contributed by atoms with van der Waals surface area (Å²) in [4.78, 5) is 39.0. The molecule has 0 N–H and O–H groups in total. The van der Waals surface area contributed by atoms with Gasteiger partial charge < -0.3 is 23.8 Å². The molecule has 0 radical (unpaired) electrons. The third-order valence-electron chi connectivity index (χ3n) is 6.73. The molecule has 0 unspecified atom stereocenters. The van der Waals surface area contributed by atoms with E-state index in [4.69, 9.17) is 14.5 Å². The molecular formula is C27H38N6O4. The molecule has 1 aliphatic heterocycles. The van der Waals surface area contributed by atoms with Crippen LogP contribution in [-0.2, 0) is 36.8 Å². The normalized spacial score (nSPS) is 18.5. The summed E-state index contributed by atoms with van der Waals surface area (Å²) in [7, 11) is 3.59. The summed E-state index contributed by atoms with van der Waals surface area (Å²) in [6.07, 6.45) is 0.431. The van der Waals surface area contributed by atoms with Crippen molar-refractivity contribution in [2.45, 2.75) is 71.9 Å². The largest absolute Gasteiger partial charge is 0.444 e. The Hall–Kier alpha value is -3.40. The molecule has 3 aromatic rings. The molecule has 4 rings (SSSR count). The molecule has 1 amide bonds. The lowest BCUT2D eigenvalue weighted by Crippen LogP contribution is -2.60. The van der Waals surface area contributed by atoms with Crippen molar-refractivity contribution in [3.63, 3.8) is 0 Å². The Morgan fingerprint density at radius 2 is 1.76 bits per heavy atom. The zero-order valence-corrected chi connectivity index (χ0v) is 22.9. The maximum Gasteiger partial charge on any atom is 0.410 e. The Bertz CT molecular complexity index is 1310. The van der Waals surface area contributed by atoms with E-state index in [0.717, 1.165) is 12.0 Å². The number of hydrogen-bond acceptors (Lipinski definition) is 7. The molecule has 2 aromatic heterocycles. The highest BCUT2D eigenvalue weighted by Crippen LogP contribution is 2.29. The van der Waals surface area contributed by atoms with Crippen molar-refractivity contribution in [1.82, 2.24) is 24.0 Å². The molecule has 0 spiro atoms. The van der Waals surface area contributed by atoms with E-state index < -0.39 is 5.60 Å². The first kappa shape index (κ1) is 26.7. The molecule has 1 saturated heterocycles. The minimum atomic E-state index is -0.567. The van der Waals surface area contributed by atoms with E-state index in [-0.39, 0.29) is 23.9 Å². The van der Waals surface area contributed by atoms with Gasteiger partial charge in [-0.15, -0.1) is 0 Å². The second-order valence-corrected chi connectivity index (χ2v) is 10.7. The van der Waals surface area contributed by atoms with Crippen LogP contribution in [0, 0.1) is 0 Å². The number of benzene rings is 1.